The van der Waals surface area contributed by atoms with Gasteiger partial charge in [0.25, 0.3) is 5.91 Å². The van der Waals surface area contributed by atoms with Gasteiger partial charge < -0.3 is 5.32 Å². The molecule has 0 unspecified atom stereocenters. The molecule has 7 nitrogen and oxygen atoms in total. The summed E-state index contributed by atoms with van der Waals surface area (Å²) in [5.41, 5.74) is 8.19. The molecule has 1 amide bonds. The molecule has 0 spiro atoms. The highest BCUT2D eigenvalue weighted by Gasteiger charge is 2.21. The van der Waals surface area contributed by atoms with Crippen molar-refractivity contribution in [1.29, 1.82) is 0 Å². The number of aryl methyl sites for hydroxylation is 1. The second-order valence-electron chi connectivity index (χ2n) is 9.54. The van der Waals surface area contributed by atoms with E-state index in [0.29, 0.717) is 22.0 Å². The molecule has 0 atom stereocenters. The number of halogens is 1. The van der Waals surface area contributed by atoms with Crippen molar-refractivity contribution >= 4 is 35.1 Å². The zero-order valence-electron chi connectivity index (χ0n) is 20.9. The lowest BCUT2D eigenvalue weighted by atomic mass is 10.0. The van der Waals surface area contributed by atoms with Crippen molar-refractivity contribution in [3.63, 3.8) is 0 Å². The van der Waals surface area contributed by atoms with Gasteiger partial charge in [0, 0.05) is 53.9 Å². The van der Waals surface area contributed by atoms with Gasteiger partial charge in [-0.25, -0.2) is 9.50 Å². The van der Waals surface area contributed by atoms with E-state index in [1.807, 2.05) is 49.5 Å². The highest BCUT2D eigenvalue weighted by atomic mass is 35.5. The van der Waals surface area contributed by atoms with Gasteiger partial charge in [-0.2, -0.15) is 5.10 Å². The number of imidazole rings is 1. The predicted molar refractivity (Wildman–Crippen MR) is 150 cm³/mol. The van der Waals surface area contributed by atoms with E-state index in [-0.39, 0.29) is 5.91 Å². The third-order valence-corrected chi connectivity index (χ3v) is 7.25. The van der Waals surface area contributed by atoms with Crippen LogP contribution in [0.2, 0.25) is 5.02 Å². The topological polar surface area (TPSA) is 74.9 Å². The van der Waals surface area contributed by atoms with Crippen molar-refractivity contribution in [2.45, 2.75) is 19.9 Å². The Bertz CT molecular complexity index is 1690. The van der Waals surface area contributed by atoms with E-state index in [4.69, 9.17) is 11.6 Å². The largest absolute Gasteiger partial charge is 0.322 e. The molecule has 2 aliphatic heterocycles. The van der Waals surface area contributed by atoms with E-state index in [9.17, 15) is 4.79 Å². The van der Waals surface area contributed by atoms with Gasteiger partial charge in [-0.3, -0.25) is 14.7 Å². The molecule has 2 aromatic carbocycles. The van der Waals surface area contributed by atoms with Crippen LogP contribution in [0.3, 0.4) is 0 Å². The summed E-state index contributed by atoms with van der Waals surface area (Å²) < 4.78 is 1.69. The van der Waals surface area contributed by atoms with Crippen molar-refractivity contribution in [3.8, 4) is 11.8 Å². The zero-order valence-corrected chi connectivity index (χ0v) is 21.7. The molecular formula is C30H25ClN6O. The maximum Gasteiger partial charge on any atom is 0.255 e. The Morgan fingerprint density at radius 3 is 2.97 bits per heavy atom. The quantitative estimate of drug-likeness (QED) is 0.387. The van der Waals surface area contributed by atoms with Crippen LogP contribution in [0.4, 0.5) is 5.69 Å². The number of carbonyl (C=O) groups excluding carboxylic acids is 1. The average Bonchev–Trinajstić information content (AvgIpc) is 3.56. The third-order valence-electron chi connectivity index (χ3n) is 6.90. The number of anilines is 1. The number of amides is 1. The van der Waals surface area contributed by atoms with Gasteiger partial charge >= 0.3 is 0 Å². The number of hydrogen-bond acceptors (Lipinski definition) is 5. The van der Waals surface area contributed by atoms with Gasteiger partial charge in [-0.15, -0.1) is 0 Å². The molecule has 8 heteroatoms. The second kappa shape index (κ2) is 10.3. The smallest absolute Gasteiger partial charge is 0.255 e. The van der Waals surface area contributed by atoms with E-state index in [1.54, 1.807) is 29.0 Å². The Morgan fingerprint density at radius 1 is 1.16 bits per heavy atom. The minimum Gasteiger partial charge on any atom is -0.322 e. The highest BCUT2D eigenvalue weighted by molar-refractivity contribution is 6.31. The normalized spacial score (nSPS) is 14.9. The lowest BCUT2D eigenvalue weighted by molar-refractivity contribution is 0.102. The first-order chi connectivity index (χ1) is 18.5. The van der Waals surface area contributed by atoms with Crippen molar-refractivity contribution in [1.82, 2.24) is 19.5 Å². The number of benzene rings is 2. The van der Waals surface area contributed by atoms with E-state index in [0.717, 1.165) is 54.9 Å². The summed E-state index contributed by atoms with van der Waals surface area (Å²) in [4.78, 5) is 24.2. The molecule has 0 bridgehead atoms. The molecule has 0 fully saturated rings. The molecule has 1 N–H and O–H groups in total. The summed E-state index contributed by atoms with van der Waals surface area (Å²) in [5.74, 6) is 6.08. The summed E-state index contributed by atoms with van der Waals surface area (Å²) in [6.45, 7) is 5.47. The number of rotatable bonds is 4. The summed E-state index contributed by atoms with van der Waals surface area (Å²) in [6, 6.07) is 14.9. The fraction of sp³-hybridized carbons (Fsp3) is 0.200. The Hall–Kier alpha value is -4.25. The lowest BCUT2D eigenvalue weighted by Crippen LogP contribution is -2.31. The Labute approximate surface area is 225 Å². The first-order valence-electron chi connectivity index (χ1n) is 12.5. The first-order valence-corrected chi connectivity index (χ1v) is 12.9. The molecule has 6 rings (SSSR count). The summed E-state index contributed by atoms with van der Waals surface area (Å²) in [6.07, 6.45) is 6.43. The molecule has 0 saturated heterocycles. The maximum atomic E-state index is 13.1. The standard InChI is InChI=1S/C30H25ClN6O/c1-20-4-5-22(13-21(20)7-9-27-17-33-29-3-2-11-34-37(27)29)30(38)35-26-8-6-24(28(31)14-26)18-36-12-10-23-15-32-16-25(23)19-36/h2-6,8,11,13-15,17H,10,12,16,18-19H2,1H3,(H,35,38). The van der Waals surface area contributed by atoms with Crippen molar-refractivity contribution in [2.24, 2.45) is 4.99 Å². The molecule has 0 saturated carbocycles. The molecule has 2 aliphatic rings. The monoisotopic (exact) mass is 520 g/mol. The van der Waals surface area contributed by atoms with Crippen LogP contribution in [0.15, 0.2) is 77.1 Å². The number of nitrogens with one attached hydrogen (secondary N) is 1. The van der Waals surface area contributed by atoms with E-state index in [1.165, 1.54) is 11.1 Å². The van der Waals surface area contributed by atoms with Crippen molar-refractivity contribution in [2.75, 3.05) is 25.0 Å². The van der Waals surface area contributed by atoms with E-state index in [2.05, 4.69) is 37.1 Å². The number of nitrogens with zero attached hydrogens (tertiary/aromatic N) is 5. The highest BCUT2D eigenvalue weighted by Crippen LogP contribution is 2.26. The van der Waals surface area contributed by atoms with Crippen LogP contribution >= 0.6 is 11.6 Å². The SMILES string of the molecule is Cc1ccc(C(=O)Nc2ccc(CN3CCC4=C(CN=C4)C3)c(Cl)c2)cc1C#Cc1cnc2cccnn12. The first kappa shape index (κ1) is 24.1. The molecule has 0 aliphatic carbocycles. The van der Waals surface area contributed by atoms with Gasteiger partial charge in [0.1, 0.15) is 5.69 Å². The zero-order chi connectivity index (χ0) is 26.1. The Kier molecular flexibility index (Phi) is 6.50. The van der Waals surface area contributed by atoms with Crippen LogP contribution in [0.5, 0.6) is 0 Å². The van der Waals surface area contributed by atoms with Crippen molar-refractivity contribution in [3.05, 3.63) is 105 Å². The number of hydrogen-bond donors (Lipinski definition) is 1. The average molecular weight is 521 g/mol. The van der Waals surface area contributed by atoms with Crippen LogP contribution < -0.4 is 5.32 Å². The fourth-order valence-electron chi connectivity index (χ4n) is 4.76. The second-order valence-corrected chi connectivity index (χ2v) is 9.94. The molecule has 4 aromatic rings. The minimum absolute atomic E-state index is 0.218. The van der Waals surface area contributed by atoms with Crippen LogP contribution in [-0.4, -0.2) is 51.3 Å². The van der Waals surface area contributed by atoms with Crippen LogP contribution in [0.1, 0.15) is 39.2 Å². The maximum absolute atomic E-state index is 13.1. The van der Waals surface area contributed by atoms with E-state index >= 15 is 0 Å². The van der Waals surface area contributed by atoms with Gasteiger partial charge in [-0.1, -0.05) is 29.7 Å². The fourth-order valence-corrected chi connectivity index (χ4v) is 5.00. The van der Waals surface area contributed by atoms with Crippen LogP contribution in [-0.2, 0) is 6.54 Å². The third kappa shape index (κ3) is 4.97. The Morgan fingerprint density at radius 2 is 2.08 bits per heavy atom. The molecular weight excluding hydrogens is 496 g/mol. The molecule has 188 valence electrons. The minimum atomic E-state index is -0.218. The van der Waals surface area contributed by atoms with Crippen LogP contribution in [0.25, 0.3) is 5.65 Å². The van der Waals surface area contributed by atoms with Gasteiger partial charge in [0.05, 0.1) is 12.7 Å². The number of fused-ring (bicyclic) bond motifs is 1. The van der Waals surface area contributed by atoms with Crippen molar-refractivity contribution < 1.29 is 4.79 Å². The van der Waals surface area contributed by atoms with Crippen LogP contribution in [0, 0.1) is 18.8 Å². The Balaban J connectivity index is 1.14. The molecule has 4 heterocycles. The number of aliphatic imine (C=N–C) groups is 1. The van der Waals surface area contributed by atoms with E-state index < -0.39 is 0 Å². The summed E-state index contributed by atoms with van der Waals surface area (Å²) >= 11 is 6.62. The lowest BCUT2D eigenvalue weighted by Gasteiger charge is -2.28. The molecule has 2 aromatic heterocycles. The summed E-state index contributed by atoms with van der Waals surface area (Å²) in [5, 5.41) is 7.90. The number of carbonyl (C=O) groups is 1. The summed E-state index contributed by atoms with van der Waals surface area (Å²) in [7, 11) is 0. The predicted octanol–water partition coefficient (Wildman–Crippen LogP) is 4.93. The number of aromatic nitrogens is 3. The van der Waals surface area contributed by atoms with Gasteiger partial charge in [-0.05, 0) is 77.9 Å². The van der Waals surface area contributed by atoms with Gasteiger partial charge in [0.2, 0.25) is 0 Å². The van der Waals surface area contributed by atoms with Gasteiger partial charge in [0.15, 0.2) is 5.65 Å². The molecule has 38 heavy (non-hydrogen) atoms. The molecule has 0 radical (unpaired) electrons.